The lowest BCUT2D eigenvalue weighted by atomic mass is 10.2. The fraction of sp³-hybridized carbons (Fsp3) is 0.400. The van der Waals surface area contributed by atoms with Crippen molar-refractivity contribution in [2.24, 2.45) is 0 Å². The Morgan fingerprint density at radius 3 is 2.32 bits per heavy atom. The Hall–Kier alpha value is -2.19. The van der Waals surface area contributed by atoms with E-state index < -0.39 is 26.6 Å². The van der Waals surface area contributed by atoms with Gasteiger partial charge in [0.15, 0.2) is 11.2 Å². The van der Waals surface area contributed by atoms with E-state index in [0.717, 1.165) is 0 Å². The lowest BCUT2D eigenvalue weighted by Gasteiger charge is -2.11. The summed E-state index contributed by atoms with van der Waals surface area (Å²) in [6, 6.07) is 0. The molecule has 2 aromatic heterocycles. The molecule has 0 unspecified atom stereocenters. The number of fused-ring (bicyclic) bond motifs is 1. The van der Waals surface area contributed by atoms with Crippen LogP contribution >= 0.6 is 7.82 Å². The maximum atomic E-state index is 11.0. The molecule has 0 aromatic carbocycles. The number of hydrogen-bond acceptors (Lipinski definition) is 9. The van der Waals surface area contributed by atoms with Gasteiger partial charge in [-0.05, 0) is 0 Å². The topological polar surface area (TPSA) is 256 Å². The van der Waals surface area contributed by atoms with Crippen molar-refractivity contribution in [3.05, 3.63) is 16.7 Å². The minimum atomic E-state index is -4.64. The average Bonchev–Trinajstić information content (AvgIpc) is 2.94. The number of anilines is 1. The number of rotatable bonds is 4. The number of aromatic amines is 2. The van der Waals surface area contributed by atoms with Gasteiger partial charge in [-0.15, -0.1) is 0 Å². The maximum Gasteiger partial charge on any atom is 0.466 e. The first-order valence-electron chi connectivity index (χ1n) is 6.37. The minimum absolute atomic E-state index is 0.0783. The molecule has 0 radical (unpaired) electrons. The first-order chi connectivity index (χ1) is 11.5. The molecule has 0 aliphatic heterocycles. The van der Waals surface area contributed by atoms with Crippen molar-refractivity contribution in [3.63, 3.8) is 0 Å². The van der Waals surface area contributed by atoms with Crippen molar-refractivity contribution >= 4 is 31.2 Å². The van der Waals surface area contributed by atoms with E-state index in [4.69, 9.17) is 40.3 Å². The highest BCUT2D eigenvalue weighted by Crippen LogP contribution is 2.25. The second kappa shape index (κ2) is 10.6. The number of imidazole rings is 1. The number of aliphatic hydroxyl groups excluding tert-OH is 3. The third kappa shape index (κ3) is 10.3. The minimum Gasteiger partial charge on any atom is -0.394 e. The van der Waals surface area contributed by atoms with Gasteiger partial charge in [0.05, 0.1) is 19.0 Å². The summed E-state index contributed by atoms with van der Waals surface area (Å²) in [4.78, 5) is 54.8. The number of nitrogen functional groups attached to an aromatic ring is 1. The number of nitrogens with zero attached hydrogens (tertiary/aromatic N) is 2. The summed E-state index contributed by atoms with van der Waals surface area (Å²) >= 11 is 0. The van der Waals surface area contributed by atoms with Gasteiger partial charge >= 0.3 is 7.82 Å². The molecule has 0 aliphatic carbocycles. The van der Waals surface area contributed by atoms with Crippen molar-refractivity contribution in [3.8, 4) is 0 Å². The summed E-state index contributed by atoms with van der Waals surface area (Å²) < 4.78 is 8.88. The van der Waals surface area contributed by atoms with E-state index in [0.29, 0.717) is 17.5 Å². The summed E-state index contributed by atoms with van der Waals surface area (Å²) in [6.45, 7) is -0.519. The van der Waals surface area contributed by atoms with Crippen molar-refractivity contribution in [2.75, 3.05) is 12.3 Å². The average molecular weight is 383 g/mol. The number of phosphoric acid groups is 1. The van der Waals surface area contributed by atoms with Crippen LogP contribution in [-0.4, -0.2) is 75.0 Å². The van der Waals surface area contributed by atoms with Crippen LogP contribution < -0.4 is 11.3 Å². The molecule has 0 spiro atoms. The van der Waals surface area contributed by atoms with Crippen LogP contribution in [-0.2, 0) is 9.36 Å². The summed E-state index contributed by atoms with van der Waals surface area (Å²) in [7, 11) is -4.64. The van der Waals surface area contributed by atoms with Crippen molar-refractivity contribution in [1.29, 1.82) is 0 Å². The predicted molar refractivity (Wildman–Crippen MR) is 83.0 cm³/mol. The molecule has 2 rings (SSSR count). The first-order valence-corrected chi connectivity index (χ1v) is 7.93. The number of H-pyrrole nitrogens is 2. The summed E-state index contributed by atoms with van der Waals surface area (Å²) in [5.41, 5.74) is 5.65. The zero-order valence-electron chi connectivity index (χ0n) is 12.6. The van der Waals surface area contributed by atoms with Gasteiger partial charge in [0.1, 0.15) is 12.4 Å². The second-order valence-corrected chi connectivity index (χ2v) is 5.31. The standard InChI is InChI=1S/C5H5N5O.C5H10O4.H3O4P/c6-5-9-3-2(4(11)10-5)7-1-8-3;6-2-1-4(8)5(9)3-7;1-5(2,3)4/h1H,(H4,6,7,8,9,10,11);2,4-5,7-9H,1,3H2;(H3,1,2,3,4)/t;4-,5+;/m.0./s1. The molecular weight excluding hydrogens is 365 g/mol. The number of nitrogens with one attached hydrogen (secondary N) is 2. The van der Waals surface area contributed by atoms with Crippen molar-refractivity contribution in [2.45, 2.75) is 18.6 Å². The van der Waals surface area contributed by atoms with Gasteiger partial charge in [0, 0.05) is 6.42 Å². The number of hydrogen-bond donors (Lipinski definition) is 9. The highest BCUT2D eigenvalue weighted by Gasteiger charge is 2.13. The molecule has 0 fully saturated rings. The molecule has 0 amide bonds. The Morgan fingerprint density at radius 1 is 1.28 bits per heavy atom. The molecule has 2 aromatic rings. The van der Waals surface area contributed by atoms with Crippen LogP contribution in [0.25, 0.3) is 11.2 Å². The maximum absolute atomic E-state index is 11.0. The van der Waals surface area contributed by atoms with Crippen molar-refractivity contribution < 1.29 is 39.4 Å². The Bertz CT molecular complexity index is 748. The number of nitrogens with two attached hydrogens (primary N) is 1. The largest absolute Gasteiger partial charge is 0.466 e. The normalized spacial score (nSPS) is 13.0. The van der Waals surface area contributed by atoms with E-state index in [9.17, 15) is 9.59 Å². The third-order valence-electron chi connectivity index (χ3n) is 2.28. The molecule has 2 atom stereocenters. The number of carbonyl (C=O) groups is 1. The zero-order valence-corrected chi connectivity index (χ0v) is 13.4. The highest BCUT2D eigenvalue weighted by molar-refractivity contribution is 7.45. The van der Waals surface area contributed by atoms with E-state index >= 15 is 0 Å². The summed E-state index contributed by atoms with van der Waals surface area (Å²) in [6.07, 6.45) is -0.583. The molecule has 0 bridgehead atoms. The Kier molecular flexibility index (Phi) is 9.70. The predicted octanol–water partition coefficient (Wildman–Crippen LogP) is -3.41. The molecule has 15 heteroatoms. The first kappa shape index (κ1) is 22.8. The smallest absolute Gasteiger partial charge is 0.394 e. The fourth-order valence-corrected chi connectivity index (χ4v) is 1.24. The summed E-state index contributed by atoms with van der Waals surface area (Å²) in [5, 5.41) is 25.5. The van der Waals surface area contributed by atoms with Crippen LogP contribution in [0.4, 0.5) is 5.95 Å². The van der Waals surface area contributed by atoms with E-state index in [2.05, 4.69) is 19.9 Å². The number of aldehydes is 1. The molecule has 25 heavy (non-hydrogen) atoms. The van der Waals surface area contributed by atoms with E-state index in [1.54, 1.807) is 0 Å². The SMILES string of the molecule is Nc1nc2nc[nH]c2c(=O)[nH]1.O=CC[C@H](O)[C@H](O)CO.O=P(O)(O)O. The van der Waals surface area contributed by atoms with E-state index in [1.807, 2.05) is 0 Å². The number of carbonyl (C=O) groups excluding carboxylic acids is 1. The fourth-order valence-electron chi connectivity index (χ4n) is 1.24. The van der Waals surface area contributed by atoms with Gasteiger partial charge in [-0.3, -0.25) is 9.78 Å². The Morgan fingerprint density at radius 2 is 1.84 bits per heavy atom. The van der Waals surface area contributed by atoms with Crippen LogP contribution in [0.5, 0.6) is 0 Å². The van der Waals surface area contributed by atoms with Crippen molar-refractivity contribution in [1.82, 2.24) is 19.9 Å². The second-order valence-electron chi connectivity index (χ2n) is 4.29. The van der Waals surface area contributed by atoms with E-state index in [1.165, 1.54) is 6.33 Å². The third-order valence-corrected chi connectivity index (χ3v) is 2.28. The van der Waals surface area contributed by atoms with E-state index in [-0.39, 0.29) is 17.9 Å². The Balaban J connectivity index is 0.000000374. The molecule has 0 saturated heterocycles. The Labute approximate surface area is 139 Å². The monoisotopic (exact) mass is 383 g/mol. The lowest BCUT2D eigenvalue weighted by Crippen LogP contribution is -2.29. The van der Waals surface area contributed by atoms with Crippen LogP contribution in [0.1, 0.15) is 6.42 Å². The summed E-state index contributed by atoms with van der Waals surface area (Å²) in [5.74, 6) is 0.0783. The molecule has 142 valence electrons. The van der Waals surface area contributed by atoms with Gasteiger partial charge in [-0.1, -0.05) is 0 Å². The van der Waals surface area contributed by atoms with Crippen LogP contribution in [0.15, 0.2) is 11.1 Å². The number of aromatic nitrogens is 4. The molecule has 10 N–H and O–H groups in total. The lowest BCUT2D eigenvalue weighted by molar-refractivity contribution is -0.111. The molecular formula is C10H18N5O9P. The van der Waals surface area contributed by atoms with Gasteiger partial charge in [-0.2, -0.15) is 4.98 Å². The van der Waals surface area contributed by atoms with Gasteiger partial charge in [0.25, 0.3) is 5.56 Å². The van der Waals surface area contributed by atoms with Gasteiger partial charge < -0.3 is 45.5 Å². The van der Waals surface area contributed by atoms with Gasteiger partial charge in [-0.25, -0.2) is 9.55 Å². The van der Waals surface area contributed by atoms with Crippen LogP contribution in [0, 0.1) is 0 Å². The highest BCUT2D eigenvalue weighted by atomic mass is 31.2. The van der Waals surface area contributed by atoms with Crippen LogP contribution in [0.3, 0.4) is 0 Å². The molecule has 2 heterocycles. The molecule has 14 nitrogen and oxygen atoms in total. The van der Waals surface area contributed by atoms with Gasteiger partial charge in [0.2, 0.25) is 5.95 Å². The zero-order chi connectivity index (χ0) is 19.6. The number of aliphatic hydroxyl groups is 3. The van der Waals surface area contributed by atoms with Crippen LogP contribution in [0.2, 0.25) is 0 Å². The molecule has 0 saturated carbocycles. The molecule has 0 aliphatic rings. The quantitative estimate of drug-likeness (QED) is 0.185.